The maximum atomic E-state index is 13.7. The van der Waals surface area contributed by atoms with Crippen LogP contribution >= 0.6 is 0 Å². The summed E-state index contributed by atoms with van der Waals surface area (Å²) < 4.78 is 5.34. The molecule has 2 N–H and O–H groups in total. The molecule has 1 aromatic heterocycles. The highest BCUT2D eigenvalue weighted by molar-refractivity contribution is 6.09. The summed E-state index contributed by atoms with van der Waals surface area (Å²) in [5.74, 6) is 0.837. The molecule has 4 heterocycles. The minimum Gasteiger partial charge on any atom is -0.497 e. The van der Waals surface area contributed by atoms with Crippen LogP contribution in [-0.2, 0) is 5.41 Å². The van der Waals surface area contributed by atoms with E-state index < -0.39 is 0 Å². The number of carbonyl (C=O) groups is 1. The SMILES string of the molecule is COc1ccc2[nH]c(C(=O)N3C[C@@]4(CCN(C5CCNC5)C4)c4ccccc43)cc2c1. The third-order valence-electron chi connectivity index (χ3n) is 7.46. The van der Waals surface area contributed by atoms with Crippen LogP contribution in [0.15, 0.2) is 48.5 Å². The fourth-order valence-corrected chi connectivity index (χ4v) is 5.83. The molecule has 0 saturated carbocycles. The number of methoxy groups -OCH3 is 1. The lowest BCUT2D eigenvalue weighted by Gasteiger charge is -2.28. The summed E-state index contributed by atoms with van der Waals surface area (Å²) in [7, 11) is 1.66. The lowest BCUT2D eigenvalue weighted by molar-refractivity contribution is 0.0980. The standard InChI is InChI=1S/C25H28N4O2/c1-31-19-6-7-21-17(12-19)13-22(27-21)24(30)29-16-25(20-4-2-3-5-23(20)29)9-11-28(15-25)18-8-10-26-14-18/h2-7,12-13,18,26-27H,8-11,14-16H2,1H3/t18?,25-/m0/s1. The van der Waals surface area contributed by atoms with Crippen LogP contribution in [0, 0.1) is 0 Å². The van der Waals surface area contributed by atoms with E-state index in [-0.39, 0.29) is 11.3 Å². The molecule has 160 valence electrons. The molecule has 31 heavy (non-hydrogen) atoms. The number of rotatable bonds is 3. The van der Waals surface area contributed by atoms with E-state index in [0.717, 1.165) is 61.5 Å². The number of hydrogen-bond donors (Lipinski definition) is 2. The number of nitrogens with one attached hydrogen (secondary N) is 2. The number of anilines is 1. The second-order valence-corrected chi connectivity index (χ2v) is 9.19. The summed E-state index contributed by atoms with van der Waals surface area (Å²) in [4.78, 5) is 21.6. The predicted octanol–water partition coefficient (Wildman–Crippen LogP) is 3.14. The zero-order chi connectivity index (χ0) is 21.0. The van der Waals surface area contributed by atoms with Crippen molar-refractivity contribution in [1.29, 1.82) is 0 Å². The van der Waals surface area contributed by atoms with Crippen LogP contribution in [0.3, 0.4) is 0 Å². The Morgan fingerprint density at radius 1 is 1.16 bits per heavy atom. The third kappa shape index (κ3) is 2.97. The van der Waals surface area contributed by atoms with Crippen molar-refractivity contribution in [3.63, 3.8) is 0 Å². The van der Waals surface area contributed by atoms with Gasteiger partial charge in [0.05, 0.1) is 7.11 Å². The molecule has 2 aromatic carbocycles. The molecule has 1 unspecified atom stereocenters. The van der Waals surface area contributed by atoms with E-state index in [2.05, 4.69) is 33.4 Å². The molecule has 6 nitrogen and oxygen atoms in total. The van der Waals surface area contributed by atoms with Gasteiger partial charge in [0.2, 0.25) is 0 Å². The van der Waals surface area contributed by atoms with Gasteiger partial charge in [0.25, 0.3) is 5.91 Å². The van der Waals surface area contributed by atoms with Crippen molar-refractivity contribution in [3.05, 3.63) is 59.8 Å². The molecule has 3 aromatic rings. The molecular weight excluding hydrogens is 388 g/mol. The number of benzene rings is 2. The van der Waals surface area contributed by atoms with Gasteiger partial charge in [-0.1, -0.05) is 18.2 Å². The number of nitrogens with zero attached hydrogens (tertiary/aromatic N) is 2. The first-order chi connectivity index (χ1) is 15.2. The molecule has 1 amide bonds. The molecule has 3 aliphatic heterocycles. The van der Waals surface area contributed by atoms with Crippen LogP contribution in [0.2, 0.25) is 0 Å². The largest absolute Gasteiger partial charge is 0.497 e. The van der Waals surface area contributed by atoms with Crippen molar-refractivity contribution in [2.75, 3.05) is 44.7 Å². The number of fused-ring (bicyclic) bond motifs is 3. The Balaban J connectivity index is 1.33. The first kappa shape index (κ1) is 18.9. The topological polar surface area (TPSA) is 60.6 Å². The van der Waals surface area contributed by atoms with Gasteiger partial charge in [-0.05, 0) is 61.8 Å². The number of ether oxygens (including phenoxy) is 1. The number of aromatic nitrogens is 1. The quantitative estimate of drug-likeness (QED) is 0.689. The number of aromatic amines is 1. The Kier molecular flexibility index (Phi) is 4.33. The molecule has 2 fully saturated rings. The Morgan fingerprint density at radius 3 is 2.90 bits per heavy atom. The van der Waals surface area contributed by atoms with Crippen LogP contribution in [0.1, 0.15) is 28.9 Å². The van der Waals surface area contributed by atoms with Crippen LogP contribution in [0.25, 0.3) is 10.9 Å². The highest BCUT2D eigenvalue weighted by atomic mass is 16.5. The molecule has 0 radical (unpaired) electrons. The Bertz CT molecular complexity index is 1150. The van der Waals surface area contributed by atoms with Gasteiger partial charge in [0.1, 0.15) is 11.4 Å². The normalized spacial score (nSPS) is 25.6. The van der Waals surface area contributed by atoms with Gasteiger partial charge in [-0.15, -0.1) is 0 Å². The maximum Gasteiger partial charge on any atom is 0.274 e. The van der Waals surface area contributed by atoms with Crippen molar-refractivity contribution < 1.29 is 9.53 Å². The molecule has 2 saturated heterocycles. The summed E-state index contributed by atoms with van der Waals surface area (Å²) in [5, 5.41) is 4.49. The predicted molar refractivity (Wildman–Crippen MR) is 122 cm³/mol. The van der Waals surface area contributed by atoms with E-state index in [9.17, 15) is 4.79 Å². The number of carbonyl (C=O) groups excluding carboxylic acids is 1. The number of amides is 1. The zero-order valence-corrected chi connectivity index (χ0v) is 17.9. The average molecular weight is 417 g/mol. The molecule has 6 heteroatoms. The maximum absolute atomic E-state index is 13.7. The van der Waals surface area contributed by atoms with Crippen LogP contribution in [-0.4, -0.2) is 61.7 Å². The zero-order valence-electron chi connectivity index (χ0n) is 17.9. The highest BCUT2D eigenvalue weighted by Crippen LogP contribution is 2.47. The van der Waals surface area contributed by atoms with Gasteiger partial charge in [0.15, 0.2) is 0 Å². The monoisotopic (exact) mass is 416 g/mol. The van der Waals surface area contributed by atoms with E-state index in [0.29, 0.717) is 11.7 Å². The number of likely N-dealkylation sites (tertiary alicyclic amines) is 1. The second kappa shape index (κ2) is 7.11. The Hall–Kier alpha value is -2.83. The lowest BCUT2D eigenvalue weighted by Crippen LogP contribution is -2.41. The van der Waals surface area contributed by atoms with Crippen molar-refractivity contribution >= 4 is 22.5 Å². The van der Waals surface area contributed by atoms with Crippen molar-refractivity contribution in [3.8, 4) is 5.75 Å². The molecule has 0 aliphatic carbocycles. The van der Waals surface area contributed by atoms with Gasteiger partial charge in [-0.2, -0.15) is 0 Å². The smallest absolute Gasteiger partial charge is 0.274 e. The summed E-state index contributed by atoms with van der Waals surface area (Å²) in [6, 6.07) is 16.9. The van der Waals surface area contributed by atoms with Crippen LogP contribution in [0.5, 0.6) is 5.75 Å². The minimum atomic E-state index is 0.0318. The highest BCUT2D eigenvalue weighted by Gasteiger charge is 2.50. The summed E-state index contributed by atoms with van der Waals surface area (Å²) in [6.45, 7) is 5.08. The van der Waals surface area contributed by atoms with Crippen molar-refractivity contribution in [2.45, 2.75) is 24.3 Å². The van der Waals surface area contributed by atoms with Crippen LogP contribution in [0.4, 0.5) is 5.69 Å². The van der Waals surface area contributed by atoms with Crippen molar-refractivity contribution in [1.82, 2.24) is 15.2 Å². The van der Waals surface area contributed by atoms with Gasteiger partial charge >= 0.3 is 0 Å². The molecule has 0 bridgehead atoms. The van der Waals surface area contributed by atoms with E-state index in [1.165, 1.54) is 12.0 Å². The summed E-state index contributed by atoms with van der Waals surface area (Å²) >= 11 is 0. The summed E-state index contributed by atoms with van der Waals surface area (Å²) in [6.07, 6.45) is 2.33. The minimum absolute atomic E-state index is 0.0318. The van der Waals surface area contributed by atoms with E-state index >= 15 is 0 Å². The van der Waals surface area contributed by atoms with Crippen molar-refractivity contribution in [2.24, 2.45) is 0 Å². The number of H-pyrrole nitrogens is 1. The second-order valence-electron chi connectivity index (χ2n) is 9.19. The number of para-hydroxylation sites is 1. The average Bonchev–Trinajstić information content (AvgIpc) is 3.59. The Labute approximate surface area is 182 Å². The fourth-order valence-electron chi connectivity index (χ4n) is 5.83. The molecule has 1 spiro atoms. The summed E-state index contributed by atoms with van der Waals surface area (Å²) in [5.41, 5.74) is 4.01. The molecule has 3 aliphatic rings. The molecule has 2 atom stereocenters. The Morgan fingerprint density at radius 2 is 2.06 bits per heavy atom. The van der Waals surface area contributed by atoms with Crippen LogP contribution < -0.4 is 15.0 Å². The first-order valence-corrected chi connectivity index (χ1v) is 11.2. The van der Waals surface area contributed by atoms with E-state index in [1.807, 2.05) is 35.2 Å². The van der Waals surface area contributed by atoms with Gasteiger partial charge in [0, 0.05) is 47.7 Å². The fraction of sp³-hybridized carbons (Fsp3) is 0.400. The van der Waals surface area contributed by atoms with E-state index in [4.69, 9.17) is 4.74 Å². The molecule has 6 rings (SSSR count). The third-order valence-corrected chi connectivity index (χ3v) is 7.46. The first-order valence-electron chi connectivity index (χ1n) is 11.2. The van der Waals surface area contributed by atoms with Gasteiger partial charge in [-0.25, -0.2) is 0 Å². The van der Waals surface area contributed by atoms with Gasteiger partial charge < -0.3 is 19.9 Å². The molecular formula is C25H28N4O2. The van der Waals surface area contributed by atoms with Gasteiger partial charge in [-0.3, -0.25) is 9.69 Å². The number of hydrogen-bond acceptors (Lipinski definition) is 4. The lowest BCUT2D eigenvalue weighted by atomic mass is 9.81. The van der Waals surface area contributed by atoms with E-state index in [1.54, 1.807) is 7.11 Å².